The SMILES string of the molecule is N=c1oc2cc(Cl)cc(Cl)c2cc1C(=O)Nc1ccccn1. The topological polar surface area (TPSA) is 79.0 Å². The van der Waals surface area contributed by atoms with Gasteiger partial charge in [0.2, 0.25) is 5.55 Å². The second-order valence-electron chi connectivity index (χ2n) is 4.46. The number of benzene rings is 1. The third-order valence-corrected chi connectivity index (χ3v) is 3.48. The van der Waals surface area contributed by atoms with Crippen LogP contribution in [0.25, 0.3) is 11.0 Å². The molecule has 22 heavy (non-hydrogen) atoms. The van der Waals surface area contributed by atoms with E-state index in [0.29, 0.717) is 26.8 Å². The lowest BCUT2D eigenvalue weighted by Gasteiger charge is -2.06. The van der Waals surface area contributed by atoms with Gasteiger partial charge in [-0.05, 0) is 24.3 Å². The van der Waals surface area contributed by atoms with E-state index in [-0.39, 0.29) is 11.1 Å². The van der Waals surface area contributed by atoms with E-state index in [9.17, 15) is 4.79 Å². The minimum absolute atomic E-state index is 0.0578. The second kappa shape index (κ2) is 5.79. The van der Waals surface area contributed by atoms with Crippen molar-refractivity contribution in [3.8, 4) is 0 Å². The molecule has 2 heterocycles. The van der Waals surface area contributed by atoms with Crippen LogP contribution in [0.15, 0.2) is 47.0 Å². The Hall–Kier alpha value is -2.37. The van der Waals surface area contributed by atoms with Gasteiger partial charge in [0, 0.05) is 22.7 Å². The molecule has 5 nitrogen and oxygen atoms in total. The summed E-state index contributed by atoms with van der Waals surface area (Å²) in [4.78, 5) is 16.3. The van der Waals surface area contributed by atoms with Crippen molar-refractivity contribution in [1.29, 1.82) is 5.41 Å². The van der Waals surface area contributed by atoms with Crippen LogP contribution in [-0.2, 0) is 0 Å². The van der Waals surface area contributed by atoms with Gasteiger partial charge in [0.25, 0.3) is 5.91 Å². The molecule has 0 radical (unpaired) electrons. The Balaban J connectivity index is 2.05. The van der Waals surface area contributed by atoms with E-state index < -0.39 is 5.91 Å². The third kappa shape index (κ3) is 2.81. The summed E-state index contributed by atoms with van der Waals surface area (Å²) in [6.07, 6.45) is 1.56. The summed E-state index contributed by atoms with van der Waals surface area (Å²) in [6.45, 7) is 0. The number of hydrogen-bond donors (Lipinski definition) is 2. The number of amides is 1. The van der Waals surface area contributed by atoms with E-state index in [1.807, 2.05) is 0 Å². The van der Waals surface area contributed by atoms with E-state index >= 15 is 0 Å². The van der Waals surface area contributed by atoms with E-state index in [4.69, 9.17) is 33.0 Å². The van der Waals surface area contributed by atoms with Gasteiger partial charge < -0.3 is 9.73 Å². The molecule has 2 N–H and O–H groups in total. The van der Waals surface area contributed by atoms with Gasteiger partial charge in [-0.2, -0.15) is 0 Å². The molecule has 0 aliphatic rings. The Kier molecular flexibility index (Phi) is 3.83. The number of rotatable bonds is 2. The molecular formula is C15H9Cl2N3O2. The minimum atomic E-state index is -0.500. The predicted octanol–water partition coefficient (Wildman–Crippen LogP) is 3.87. The zero-order valence-electron chi connectivity index (χ0n) is 11.1. The third-order valence-electron chi connectivity index (χ3n) is 2.95. The van der Waals surface area contributed by atoms with Crippen LogP contribution < -0.4 is 10.9 Å². The van der Waals surface area contributed by atoms with Gasteiger partial charge in [0.05, 0.1) is 5.02 Å². The van der Waals surface area contributed by atoms with Crippen molar-refractivity contribution in [2.75, 3.05) is 5.32 Å². The average molecular weight is 334 g/mol. The first kappa shape index (κ1) is 14.6. The minimum Gasteiger partial charge on any atom is -0.438 e. The fraction of sp³-hybridized carbons (Fsp3) is 0. The summed E-state index contributed by atoms with van der Waals surface area (Å²) in [5, 5.41) is 11.7. The summed E-state index contributed by atoms with van der Waals surface area (Å²) < 4.78 is 5.33. The maximum Gasteiger partial charge on any atom is 0.262 e. The molecular weight excluding hydrogens is 325 g/mol. The van der Waals surface area contributed by atoms with Crippen LogP contribution >= 0.6 is 23.2 Å². The van der Waals surface area contributed by atoms with Crippen molar-refractivity contribution in [1.82, 2.24) is 4.98 Å². The Morgan fingerprint density at radius 3 is 2.77 bits per heavy atom. The highest BCUT2D eigenvalue weighted by atomic mass is 35.5. The molecule has 0 unspecified atom stereocenters. The smallest absolute Gasteiger partial charge is 0.262 e. The molecule has 0 fully saturated rings. The molecule has 3 aromatic rings. The maximum absolute atomic E-state index is 12.3. The Labute approximate surface area is 135 Å². The van der Waals surface area contributed by atoms with Gasteiger partial charge in [-0.15, -0.1) is 0 Å². The first-order valence-corrected chi connectivity index (χ1v) is 7.00. The molecule has 0 saturated heterocycles. The normalized spacial score (nSPS) is 10.6. The molecule has 1 aromatic carbocycles. The number of aromatic nitrogens is 1. The van der Waals surface area contributed by atoms with Crippen molar-refractivity contribution in [3.63, 3.8) is 0 Å². The van der Waals surface area contributed by atoms with Gasteiger partial charge in [-0.3, -0.25) is 10.2 Å². The molecule has 1 amide bonds. The quantitative estimate of drug-likeness (QED) is 0.747. The summed E-state index contributed by atoms with van der Waals surface area (Å²) >= 11 is 12.0. The van der Waals surface area contributed by atoms with Gasteiger partial charge in [0.15, 0.2) is 0 Å². The van der Waals surface area contributed by atoms with Crippen LogP contribution in [0.1, 0.15) is 10.4 Å². The van der Waals surface area contributed by atoms with Gasteiger partial charge in [-0.25, -0.2) is 4.98 Å². The zero-order valence-corrected chi connectivity index (χ0v) is 12.6. The van der Waals surface area contributed by atoms with Crippen molar-refractivity contribution in [2.24, 2.45) is 0 Å². The van der Waals surface area contributed by atoms with Crippen LogP contribution in [0.3, 0.4) is 0 Å². The highest BCUT2D eigenvalue weighted by molar-refractivity contribution is 6.38. The summed E-state index contributed by atoms with van der Waals surface area (Å²) in [7, 11) is 0. The maximum atomic E-state index is 12.3. The number of carbonyl (C=O) groups is 1. The van der Waals surface area contributed by atoms with Crippen molar-refractivity contribution in [3.05, 3.63) is 63.8 Å². The van der Waals surface area contributed by atoms with Crippen molar-refractivity contribution < 1.29 is 9.21 Å². The molecule has 0 atom stereocenters. The summed E-state index contributed by atoms with van der Waals surface area (Å²) in [5.74, 6) is -0.116. The van der Waals surface area contributed by atoms with Crippen LogP contribution in [0, 0.1) is 5.41 Å². The van der Waals surface area contributed by atoms with Gasteiger partial charge in [0.1, 0.15) is 17.0 Å². The number of pyridine rings is 1. The fourth-order valence-corrected chi connectivity index (χ4v) is 2.48. The first-order chi connectivity index (χ1) is 10.5. The Morgan fingerprint density at radius 2 is 2.05 bits per heavy atom. The highest BCUT2D eigenvalue weighted by Gasteiger charge is 2.14. The highest BCUT2D eigenvalue weighted by Crippen LogP contribution is 2.27. The molecule has 3 rings (SSSR count). The molecule has 0 bridgehead atoms. The lowest BCUT2D eigenvalue weighted by Crippen LogP contribution is -2.21. The number of fused-ring (bicyclic) bond motifs is 1. The largest absolute Gasteiger partial charge is 0.438 e. The lowest BCUT2D eigenvalue weighted by atomic mass is 10.1. The number of nitrogens with zero attached hydrogens (tertiary/aromatic N) is 1. The first-order valence-electron chi connectivity index (χ1n) is 6.24. The summed E-state index contributed by atoms with van der Waals surface area (Å²) in [6, 6.07) is 9.71. The molecule has 0 spiro atoms. The fourth-order valence-electron chi connectivity index (χ4n) is 1.95. The standard InChI is InChI=1S/C15H9Cl2N3O2/c16-8-5-11(17)9-7-10(14(18)22-12(9)6-8)15(21)20-13-3-1-2-4-19-13/h1-7,18H,(H,19,20,21). The zero-order chi connectivity index (χ0) is 15.7. The number of hydrogen-bond acceptors (Lipinski definition) is 4. The number of nitrogens with one attached hydrogen (secondary N) is 2. The predicted molar refractivity (Wildman–Crippen MR) is 84.3 cm³/mol. The van der Waals surface area contributed by atoms with Gasteiger partial charge in [-0.1, -0.05) is 29.3 Å². The monoisotopic (exact) mass is 333 g/mol. The molecule has 7 heteroatoms. The molecule has 0 aliphatic heterocycles. The molecule has 0 aliphatic carbocycles. The Bertz CT molecular complexity index is 923. The molecule has 110 valence electrons. The van der Waals surface area contributed by atoms with Crippen LogP contribution in [0.2, 0.25) is 10.0 Å². The lowest BCUT2D eigenvalue weighted by molar-refractivity contribution is 0.102. The Morgan fingerprint density at radius 1 is 1.23 bits per heavy atom. The molecule has 0 saturated carbocycles. The van der Waals surface area contributed by atoms with Crippen LogP contribution in [0.5, 0.6) is 0 Å². The molecule has 2 aromatic heterocycles. The number of carbonyl (C=O) groups excluding carboxylic acids is 1. The van der Waals surface area contributed by atoms with E-state index in [2.05, 4.69) is 10.3 Å². The van der Waals surface area contributed by atoms with Crippen molar-refractivity contribution >= 4 is 45.9 Å². The van der Waals surface area contributed by atoms with Gasteiger partial charge >= 0.3 is 0 Å². The van der Waals surface area contributed by atoms with E-state index in [0.717, 1.165) is 0 Å². The average Bonchev–Trinajstić information content (AvgIpc) is 2.47. The van der Waals surface area contributed by atoms with E-state index in [1.54, 1.807) is 36.5 Å². The number of anilines is 1. The number of halogens is 2. The van der Waals surface area contributed by atoms with Crippen molar-refractivity contribution in [2.45, 2.75) is 0 Å². The van der Waals surface area contributed by atoms with Crippen LogP contribution in [-0.4, -0.2) is 10.9 Å². The van der Waals surface area contributed by atoms with Crippen LogP contribution in [0.4, 0.5) is 5.82 Å². The summed E-state index contributed by atoms with van der Waals surface area (Å²) in [5.41, 5.74) is 0.124. The second-order valence-corrected chi connectivity index (χ2v) is 5.30. The van der Waals surface area contributed by atoms with E-state index in [1.165, 1.54) is 6.07 Å².